The van der Waals surface area contributed by atoms with E-state index in [4.69, 9.17) is 4.98 Å². The number of hydrogen-bond donors (Lipinski definition) is 1. The minimum Gasteiger partial charge on any atom is -0.342 e. The van der Waals surface area contributed by atoms with Crippen LogP contribution in [0.15, 0.2) is 125 Å². The van der Waals surface area contributed by atoms with Gasteiger partial charge in [-0.15, -0.1) is 0 Å². The smallest absolute Gasteiger partial charge is 0.272 e. The van der Waals surface area contributed by atoms with Crippen LogP contribution in [0, 0.1) is 0 Å². The van der Waals surface area contributed by atoms with Gasteiger partial charge < -0.3 is 4.57 Å². The van der Waals surface area contributed by atoms with E-state index in [9.17, 15) is 4.79 Å². The van der Waals surface area contributed by atoms with Crippen molar-refractivity contribution in [3.8, 4) is 11.3 Å². The molecule has 184 valence electrons. The van der Waals surface area contributed by atoms with Crippen LogP contribution < -0.4 is 5.43 Å². The first kappa shape index (κ1) is 23.8. The number of carbonyl (C=O) groups excluding carboxylic acids is 1. The number of nitrogens with zero attached hydrogens (tertiary/aromatic N) is 3. The maximum absolute atomic E-state index is 13.3. The van der Waals surface area contributed by atoms with Crippen molar-refractivity contribution < 1.29 is 4.79 Å². The summed E-state index contributed by atoms with van der Waals surface area (Å²) in [5.41, 5.74) is 8.97. The summed E-state index contributed by atoms with van der Waals surface area (Å²) in [5, 5.41) is 6.20. The fraction of sp³-hybridized carbons (Fsp3) is 0.0312. The highest BCUT2D eigenvalue weighted by Crippen LogP contribution is 2.25. The number of fused-ring (bicyclic) bond motifs is 2. The van der Waals surface area contributed by atoms with Crippen molar-refractivity contribution in [1.82, 2.24) is 15.0 Å². The predicted molar refractivity (Wildman–Crippen MR) is 157 cm³/mol. The summed E-state index contributed by atoms with van der Waals surface area (Å²) in [4.78, 5) is 18.1. The molecule has 2 heterocycles. The Kier molecular flexibility index (Phi) is 6.54. The summed E-state index contributed by atoms with van der Waals surface area (Å²) in [6, 6.07) is 35.9. The van der Waals surface area contributed by atoms with Gasteiger partial charge in [-0.25, -0.2) is 10.4 Å². The van der Waals surface area contributed by atoms with Crippen LogP contribution >= 0.6 is 15.9 Å². The first-order valence-electron chi connectivity index (χ1n) is 12.3. The Hall–Kier alpha value is -4.55. The van der Waals surface area contributed by atoms with Crippen LogP contribution in [0.3, 0.4) is 0 Å². The average molecular weight is 559 g/mol. The molecule has 0 spiro atoms. The third-order valence-electron chi connectivity index (χ3n) is 6.49. The molecule has 0 saturated carbocycles. The molecule has 1 N–H and O–H groups in total. The molecule has 6 heteroatoms. The normalized spacial score (nSPS) is 11.4. The second-order valence-corrected chi connectivity index (χ2v) is 9.91. The fourth-order valence-electron chi connectivity index (χ4n) is 4.64. The SMILES string of the molecule is O=C(N/N=C\c1cn(Cc2ccc(Br)cc2)c2ccccc12)c1cc(-c2ccccc2)nc2ccccc12. The molecule has 0 aliphatic rings. The van der Waals surface area contributed by atoms with Crippen LogP contribution in [-0.2, 0) is 6.54 Å². The monoisotopic (exact) mass is 558 g/mol. The van der Waals surface area contributed by atoms with E-state index in [1.54, 1.807) is 6.21 Å². The molecule has 0 atom stereocenters. The molecule has 0 fully saturated rings. The minimum atomic E-state index is -0.282. The Balaban J connectivity index is 1.29. The zero-order valence-electron chi connectivity index (χ0n) is 20.4. The van der Waals surface area contributed by atoms with Gasteiger partial charge in [0.1, 0.15) is 0 Å². The van der Waals surface area contributed by atoms with E-state index in [0.717, 1.165) is 49.6 Å². The van der Waals surface area contributed by atoms with E-state index in [1.165, 1.54) is 5.56 Å². The van der Waals surface area contributed by atoms with Gasteiger partial charge in [0.15, 0.2) is 0 Å². The van der Waals surface area contributed by atoms with Crippen LogP contribution in [0.25, 0.3) is 33.1 Å². The Bertz CT molecular complexity index is 1790. The largest absolute Gasteiger partial charge is 0.342 e. The van der Waals surface area contributed by atoms with Gasteiger partial charge in [-0.05, 0) is 35.9 Å². The molecule has 6 rings (SSSR count). The fourth-order valence-corrected chi connectivity index (χ4v) is 4.90. The van der Waals surface area contributed by atoms with E-state index >= 15 is 0 Å². The Labute approximate surface area is 228 Å². The van der Waals surface area contributed by atoms with Crippen molar-refractivity contribution in [3.05, 3.63) is 137 Å². The number of para-hydroxylation sites is 2. The number of carbonyl (C=O) groups is 1. The number of halogens is 1. The lowest BCUT2D eigenvalue weighted by molar-refractivity contribution is 0.0956. The number of nitrogens with one attached hydrogen (secondary N) is 1. The van der Waals surface area contributed by atoms with Gasteiger partial charge in [-0.2, -0.15) is 5.10 Å². The van der Waals surface area contributed by atoms with Gasteiger partial charge >= 0.3 is 0 Å². The van der Waals surface area contributed by atoms with Crippen LogP contribution in [0.5, 0.6) is 0 Å². The Morgan fingerprint density at radius 2 is 1.58 bits per heavy atom. The van der Waals surface area contributed by atoms with Crippen molar-refractivity contribution >= 4 is 49.9 Å². The number of benzene rings is 4. The van der Waals surface area contributed by atoms with Crippen molar-refractivity contribution in [2.75, 3.05) is 0 Å². The number of hydrazone groups is 1. The average Bonchev–Trinajstić information content (AvgIpc) is 3.31. The van der Waals surface area contributed by atoms with Crippen LogP contribution in [-0.4, -0.2) is 21.7 Å². The van der Waals surface area contributed by atoms with Crippen LogP contribution in [0.4, 0.5) is 0 Å². The van der Waals surface area contributed by atoms with E-state index in [1.807, 2.05) is 84.9 Å². The quantitative estimate of drug-likeness (QED) is 0.170. The molecular weight excluding hydrogens is 536 g/mol. The van der Waals surface area contributed by atoms with E-state index in [-0.39, 0.29) is 5.91 Å². The third kappa shape index (κ3) is 4.86. The highest BCUT2D eigenvalue weighted by Gasteiger charge is 2.14. The molecule has 4 aromatic carbocycles. The maximum atomic E-state index is 13.3. The standard InChI is InChI=1S/C32H23BrN4O/c33-25-16-14-22(15-17-25)20-37-21-24(26-10-5-7-13-31(26)37)19-34-36-32(38)28-18-30(23-8-2-1-3-9-23)35-29-12-6-4-11-27(28)29/h1-19,21H,20H2,(H,36,38)/b34-19-. The number of hydrogen-bond acceptors (Lipinski definition) is 3. The van der Waals surface area contributed by atoms with Gasteiger partial charge in [-0.1, -0.05) is 94.8 Å². The topological polar surface area (TPSA) is 59.3 Å². The van der Waals surface area contributed by atoms with Crippen molar-refractivity contribution in [3.63, 3.8) is 0 Å². The van der Waals surface area contributed by atoms with Gasteiger partial charge in [0, 0.05) is 44.6 Å². The molecule has 0 aliphatic heterocycles. The molecule has 6 aromatic rings. The number of aromatic nitrogens is 2. The molecule has 2 aromatic heterocycles. The lowest BCUT2D eigenvalue weighted by Crippen LogP contribution is -2.18. The summed E-state index contributed by atoms with van der Waals surface area (Å²) in [7, 11) is 0. The zero-order chi connectivity index (χ0) is 25.9. The van der Waals surface area contributed by atoms with E-state index in [2.05, 4.69) is 61.5 Å². The molecule has 0 radical (unpaired) electrons. The summed E-state index contributed by atoms with van der Waals surface area (Å²) in [6.45, 7) is 0.735. The Morgan fingerprint density at radius 3 is 2.39 bits per heavy atom. The van der Waals surface area contributed by atoms with Crippen molar-refractivity contribution in [2.45, 2.75) is 6.54 Å². The van der Waals surface area contributed by atoms with Gasteiger partial charge in [0.25, 0.3) is 5.91 Å². The molecule has 5 nitrogen and oxygen atoms in total. The molecule has 1 amide bonds. The molecule has 38 heavy (non-hydrogen) atoms. The first-order chi connectivity index (χ1) is 18.7. The highest BCUT2D eigenvalue weighted by atomic mass is 79.9. The lowest BCUT2D eigenvalue weighted by atomic mass is 10.0. The number of pyridine rings is 1. The Morgan fingerprint density at radius 1 is 0.868 bits per heavy atom. The minimum absolute atomic E-state index is 0.282. The van der Waals surface area contributed by atoms with Crippen LogP contribution in [0.2, 0.25) is 0 Å². The van der Waals surface area contributed by atoms with Crippen molar-refractivity contribution in [2.24, 2.45) is 5.10 Å². The second-order valence-electron chi connectivity index (χ2n) is 8.99. The third-order valence-corrected chi connectivity index (χ3v) is 7.01. The molecular formula is C32H23BrN4O. The first-order valence-corrected chi connectivity index (χ1v) is 13.1. The number of rotatable bonds is 6. The van der Waals surface area contributed by atoms with Gasteiger partial charge in [0.2, 0.25) is 0 Å². The highest BCUT2D eigenvalue weighted by molar-refractivity contribution is 9.10. The predicted octanol–water partition coefficient (Wildman–Crippen LogP) is 7.43. The van der Waals surface area contributed by atoms with E-state index < -0.39 is 0 Å². The molecule has 0 unspecified atom stereocenters. The maximum Gasteiger partial charge on any atom is 0.272 e. The lowest BCUT2D eigenvalue weighted by Gasteiger charge is -2.09. The molecule has 0 aliphatic carbocycles. The summed E-state index contributed by atoms with van der Waals surface area (Å²) in [6.07, 6.45) is 3.78. The van der Waals surface area contributed by atoms with Gasteiger partial charge in [0.05, 0.1) is 23.0 Å². The van der Waals surface area contributed by atoms with Crippen molar-refractivity contribution in [1.29, 1.82) is 0 Å². The summed E-state index contributed by atoms with van der Waals surface area (Å²) in [5.74, 6) is -0.282. The number of amides is 1. The summed E-state index contributed by atoms with van der Waals surface area (Å²) >= 11 is 3.50. The second kappa shape index (κ2) is 10.4. The van der Waals surface area contributed by atoms with Gasteiger partial charge in [-0.3, -0.25) is 4.79 Å². The van der Waals surface area contributed by atoms with E-state index in [0.29, 0.717) is 5.56 Å². The summed E-state index contributed by atoms with van der Waals surface area (Å²) < 4.78 is 3.25. The van der Waals surface area contributed by atoms with Crippen LogP contribution in [0.1, 0.15) is 21.5 Å². The zero-order valence-corrected chi connectivity index (χ0v) is 22.0. The molecule has 0 bridgehead atoms. The molecule has 0 saturated heterocycles.